The maximum absolute atomic E-state index is 12.9. The molecule has 0 fully saturated rings. The van der Waals surface area contributed by atoms with Gasteiger partial charge in [-0.1, -0.05) is 47.8 Å². The van der Waals surface area contributed by atoms with Gasteiger partial charge in [-0.3, -0.25) is 19.1 Å². The number of hydrogen-bond donors (Lipinski definition) is 2. The van der Waals surface area contributed by atoms with Crippen LogP contribution in [-0.2, 0) is 11.3 Å². The van der Waals surface area contributed by atoms with E-state index in [4.69, 9.17) is 22.1 Å². The summed E-state index contributed by atoms with van der Waals surface area (Å²) < 4.78 is 7.59. The molecule has 1 amide bonds. The first-order chi connectivity index (χ1) is 13.8. The summed E-state index contributed by atoms with van der Waals surface area (Å²) in [6.07, 6.45) is 2.09. The van der Waals surface area contributed by atoms with Crippen LogP contribution in [0.3, 0.4) is 0 Å². The van der Waals surface area contributed by atoms with Crippen molar-refractivity contribution >= 4 is 44.9 Å². The van der Waals surface area contributed by atoms with E-state index in [9.17, 15) is 14.4 Å². The molecule has 2 aromatic rings. The molecule has 0 saturated carbocycles. The number of halogens is 2. The third-order valence-corrected chi connectivity index (χ3v) is 5.00. The summed E-state index contributed by atoms with van der Waals surface area (Å²) in [4.78, 5) is 41.0. The fourth-order valence-corrected chi connectivity index (χ4v) is 3.50. The van der Waals surface area contributed by atoms with E-state index in [0.717, 1.165) is 10.9 Å². The van der Waals surface area contributed by atoms with Crippen LogP contribution in [0.5, 0.6) is 5.75 Å². The summed E-state index contributed by atoms with van der Waals surface area (Å²) in [5.74, 6) is -0.153. The highest BCUT2D eigenvalue weighted by Gasteiger charge is 2.24. The van der Waals surface area contributed by atoms with E-state index in [1.165, 1.54) is 9.47 Å². The van der Waals surface area contributed by atoms with Crippen LogP contribution in [-0.4, -0.2) is 28.6 Å². The van der Waals surface area contributed by atoms with E-state index in [0.29, 0.717) is 30.2 Å². The highest BCUT2D eigenvalue weighted by molar-refractivity contribution is 9.10. The Morgan fingerprint density at radius 3 is 2.66 bits per heavy atom. The molecule has 1 aromatic heterocycles. The number of nitrogens with zero attached hydrogens (tertiary/aromatic N) is 2. The van der Waals surface area contributed by atoms with Crippen molar-refractivity contribution in [2.75, 3.05) is 23.8 Å². The number of H-pyrrole nitrogens is 1. The monoisotopic (exact) mass is 486 g/mol. The van der Waals surface area contributed by atoms with Gasteiger partial charge in [-0.25, -0.2) is 4.79 Å². The molecule has 158 valence electrons. The molecule has 3 N–H and O–H groups in total. The third kappa shape index (κ3) is 5.63. The zero-order valence-corrected chi connectivity index (χ0v) is 18.7. The molecular formula is C19H24BrClN4O4. The number of carbonyl (C=O) groups excluding carboxylic acids is 1. The lowest BCUT2D eigenvalue weighted by molar-refractivity contribution is -0.120. The molecule has 0 unspecified atom stereocenters. The van der Waals surface area contributed by atoms with Gasteiger partial charge < -0.3 is 15.4 Å². The van der Waals surface area contributed by atoms with E-state index in [-0.39, 0.29) is 24.7 Å². The zero-order chi connectivity index (χ0) is 21.6. The molecule has 1 heterocycles. The normalized spacial score (nSPS) is 10.8. The molecule has 0 spiro atoms. The lowest BCUT2D eigenvalue weighted by Crippen LogP contribution is -2.43. The van der Waals surface area contributed by atoms with Crippen molar-refractivity contribution in [3.8, 4) is 5.75 Å². The first-order valence-electron chi connectivity index (χ1n) is 9.30. The number of benzene rings is 1. The van der Waals surface area contributed by atoms with Crippen molar-refractivity contribution < 1.29 is 9.53 Å². The van der Waals surface area contributed by atoms with Crippen LogP contribution in [0.25, 0.3) is 0 Å². The molecule has 0 atom stereocenters. The molecule has 10 heteroatoms. The molecule has 0 aliphatic heterocycles. The number of aromatic amines is 1. The number of carbonyl (C=O) groups is 1. The maximum Gasteiger partial charge on any atom is 0.330 e. The van der Waals surface area contributed by atoms with Crippen molar-refractivity contribution in [2.24, 2.45) is 0 Å². The summed E-state index contributed by atoms with van der Waals surface area (Å²) in [5.41, 5.74) is 4.77. The Kier molecular flexibility index (Phi) is 8.33. The summed E-state index contributed by atoms with van der Waals surface area (Å²) in [5, 5.41) is 0.348. The predicted octanol–water partition coefficient (Wildman–Crippen LogP) is 3.16. The van der Waals surface area contributed by atoms with Gasteiger partial charge in [0.05, 0.1) is 5.02 Å². The molecule has 0 saturated heterocycles. The molecular weight excluding hydrogens is 464 g/mol. The van der Waals surface area contributed by atoms with Gasteiger partial charge in [0.25, 0.3) is 11.5 Å². The second-order valence-corrected chi connectivity index (χ2v) is 7.73. The van der Waals surface area contributed by atoms with Gasteiger partial charge in [-0.05, 0) is 31.0 Å². The van der Waals surface area contributed by atoms with E-state index in [2.05, 4.69) is 20.9 Å². The Morgan fingerprint density at radius 1 is 1.31 bits per heavy atom. The van der Waals surface area contributed by atoms with E-state index in [1.807, 2.05) is 13.8 Å². The Morgan fingerprint density at radius 2 is 2.03 bits per heavy atom. The number of hydrogen-bond acceptors (Lipinski definition) is 5. The topological polar surface area (TPSA) is 110 Å². The average Bonchev–Trinajstić information content (AvgIpc) is 2.66. The largest absolute Gasteiger partial charge is 0.482 e. The van der Waals surface area contributed by atoms with Crippen molar-refractivity contribution in [1.29, 1.82) is 0 Å². The average molecular weight is 488 g/mol. The molecule has 2 rings (SSSR count). The zero-order valence-electron chi connectivity index (χ0n) is 16.3. The highest BCUT2D eigenvalue weighted by atomic mass is 79.9. The quantitative estimate of drug-likeness (QED) is 0.564. The standard InChI is InChI=1S/C19H24BrClN4O4/c1-3-5-9-24(15(26)11-29-14-7-6-12(20)10-13(14)21)16-17(22)25(8-4-2)19(28)23-18(16)27/h6-7,10H,3-5,8-9,11,22H2,1-2H3,(H,23,27,28). The summed E-state index contributed by atoms with van der Waals surface area (Å²) in [6.45, 7) is 4.11. The fourth-order valence-electron chi connectivity index (χ4n) is 2.77. The SMILES string of the molecule is CCCCN(C(=O)COc1ccc(Br)cc1Cl)c1c(N)n(CCC)c(=O)[nH]c1=O. The highest BCUT2D eigenvalue weighted by Crippen LogP contribution is 2.28. The molecule has 0 aliphatic carbocycles. The molecule has 0 bridgehead atoms. The maximum atomic E-state index is 12.9. The first-order valence-corrected chi connectivity index (χ1v) is 10.5. The van der Waals surface area contributed by atoms with Crippen molar-refractivity contribution in [2.45, 2.75) is 39.7 Å². The second-order valence-electron chi connectivity index (χ2n) is 6.41. The van der Waals surface area contributed by atoms with Crippen LogP contribution in [0.2, 0.25) is 5.02 Å². The van der Waals surface area contributed by atoms with Gasteiger partial charge in [0.2, 0.25) is 0 Å². The van der Waals surface area contributed by atoms with Crippen LogP contribution >= 0.6 is 27.5 Å². The van der Waals surface area contributed by atoms with E-state index < -0.39 is 17.2 Å². The predicted molar refractivity (Wildman–Crippen MR) is 118 cm³/mol. The van der Waals surface area contributed by atoms with Crippen LogP contribution in [0, 0.1) is 0 Å². The van der Waals surface area contributed by atoms with Crippen LogP contribution < -0.4 is 26.6 Å². The summed E-state index contributed by atoms with van der Waals surface area (Å²) >= 11 is 9.43. The summed E-state index contributed by atoms with van der Waals surface area (Å²) in [7, 11) is 0. The Balaban J connectivity index is 2.36. The van der Waals surface area contributed by atoms with E-state index >= 15 is 0 Å². The van der Waals surface area contributed by atoms with Gasteiger partial charge in [0.15, 0.2) is 12.3 Å². The number of aromatic nitrogens is 2. The van der Waals surface area contributed by atoms with Crippen molar-refractivity contribution in [1.82, 2.24) is 9.55 Å². The number of anilines is 2. The Hall–Kier alpha value is -2.26. The van der Waals surface area contributed by atoms with Crippen LogP contribution in [0.4, 0.5) is 11.5 Å². The number of amides is 1. The number of nitrogen functional groups attached to an aromatic ring is 1. The molecule has 1 aromatic carbocycles. The van der Waals surface area contributed by atoms with Gasteiger partial charge in [0, 0.05) is 17.6 Å². The lowest BCUT2D eigenvalue weighted by atomic mass is 10.2. The first kappa shape index (κ1) is 23.0. The van der Waals surface area contributed by atoms with Gasteiger partial charge in [0.1, 0.15) is 11.6 Å². The smallest absolute Gasteiger partial charge is 0.330 e. The minimum absolute atomic E-state index is 0.0354. The molecule has 29 heavy (non-hydrogen) atoms. The minimum Gasteiger partial charge on any atom is -0.482 e. The fraction of sp³-hybridized carbons (Fsp3) is 0.421. The van der Waals surface area contributed by atoms with Crippen molar-refractivity contribution in [3.63, 3.8) is 0 Å². The van der Waals surface area contributed by atoms with Gasteiger partial charge in [-0.15, -0.1) is 0 Å². The second kappa shape index (κ2) is 10.5. The third-order valence-electron chi connectivity index (χ3n) is 4.21. The number of nitrogens with two attached hydrogens (primary N) is 1. The summed E-state index contributed by atoms with van der Waals surface area (Å²) in [6, 6.07) is 5.03. The number of unbranched alkanes of at least 4 members (excludes halogenated alkanes) is 1. The number of nitrogens with one attached hydrogen (secondary N) is 1. The molecule has 0 radical (unpaired) electrons. The van der Waals surface area contributed by atoms with Crippen LogP contribution in [0.15, 0.2) is 32.3 Å². The minimum atomic E-state index is -0.703. The molecule has 8 nitrogen and oxygen atoms in total. The van der Waals surface area contributed by atoms with Crippen molar-refractivity contribution in [3.05, 3.63) is 48.5 Å². The van der Waals surface area contributed by atoms with Crippen LogP contribution in [0.1, 0.15) is 33.1 Å². The lowest BCUT2D eigenvalue weighted by Gasteiger charge is -2.24. The van der Waals surface area contributed by atoms with Gasteiger partial charge >= 0.3 is 5.69 Å². The molecule has 0 aliphatic rings. The Labute approximate surface area is 181 Å². The van der Waals surface area contributed by atoms with Gasteiger partial charge in [-0.2, -0.15) is 0 Å². The number of ether oxygens (including phenoxy) is 1. The number of rotatable bonds is 9. The van der Waals surface area contributed by atoms with E-state index in [1.54, 1.807) is 18.2 Å². The Bertz CT molecular complexity index is 989.